The highest BCUT2D eigenvalue weighted by Crippen LogP contribution is 2.37. The van der Waals surface area contributed by atoms with Crippen molar-refractivity contribution in [2.24, 2.45) is 5.92 Å². The van der Waals surface area contributed by atoms with Crippen LogP contribution in [-0.4, -0.2) is 59.5 Å². The molecule has 2 heterocycles. The van der Waals surface area contributed by atoms with Gasteiger partial charge in [0.2, 0.25) is 17.7 Å². The van der Waals surface area contributed by atoms with Crippen LogP contribution in [0.4, 0.5) is 0 Å². The Morgan fingerprint density at radius 2 is 2.09 bits per heavy atom. The Labute approximate surface area is 130 Å². The topological polar surface area (TPSA) is 98.7 Å². The number of nitrogens with zero attached hydrogens (tertiary/aromatic N) is 1. The molecule has 0 aliphatic carbocycles. The number of hydrogen-bond acceptors (Lipinski definition) is 4. The summed E-state index contributed by atoms with van der Waals surface area (Å²) < 4.78 is 0. The van der Waals surface area contributed by atoms with Crippen LogP contribution in [0.3, 0.4) is 0 Å². The molecule has 124 valence electrons. The maximum absolute atomic E-state index is 12.8. The van der Waals surface area contributed by atoms with E-state index in [4.69, 9.17) is 0 Å². The predicted octanol–water partition coefficient (Wildman–Crippen LogP) is -0.611. The van der Waals surface area contributed by atoms with Gasteiger partial charge < -0.3 is 20.6 Å². The summed E-state index contributed by atoms with van der Waals surface area (Å²) in [4.78, 5) is 37.9. The third-order valence-electron chi connectivity index (χ3n) is 4.73. The molecule has 2 rings (SSSR count). The largest absolute Gasteiger partial charge is 0.396 e. The summed E-state index contributed by atoms with van der Waals surface area (Å²) in [5.74, 6) is -0.458. The maximum Gasteiger partial charge on any atom is 0.246 e. The minimum absolute atomic E-state index is 0.0271. The van der Waals surface area contributed by atoms with E-state index in [1.54, 1.807) is 11.9 Å². The fraction of sp³-hybridized carbons (Fsp3) is 0.800. The average Bonchev–Trinajstić information content (AvgIpc) is 2.75. The number of amides is 3. The second-order valence-electron chi connectivity index (χ2n) is 6.13. The first-order valence-corrected chi connectivity index (χ1v) is 7.91. The van der Waals surface area contributed by atoms with Crippen molar-refractivity contribution in [1.82, 2.24) is 15.5 Å². The predicted molar refractivity (Wildman–Crippen MR) is 79.8 cm³/mol. The molecule has 0 bridgehead atoms. The van der Waals surface area contributed by atoms with Gasteiger partial charge >= 0.3 is 0 Å². The number of fused-ring (bicyclic) bond motifs is 1. The highest BCUT2D eigenvalue weighted by molar-refractivity contribution is 5.92. The molecule has 22 heavy (non-hydrogen) atoms. The molecule has 0 spiro atoms. The molecule has 0 radical (unpaired) electrons. The zero-order valence-corrected chi connectivity index (χ0v) is 13.2. The van der Waals surface area contributed by atoms with Gasteiger partial charge in [-0.05, 0) is 38.0 Å². The third kappa shape index (κ3) is 3.24. The number of aliphatic hydroxyl groups excluding tert-OH is 1. The van der Waals surface area contributed by atoms with E-state index in [1.165, 1.54) is 6.92 Å². The molecule has 7 heteroatoms. The quantitative estimate of drug-likeness (QED) is 0.645. The van der Waals surface area contributed by atoms with Crippen molar-refractivity contribution in [3.63, 3.8) is 0 Å². The van der Waals surface area contributed by atoms with Crippen molar-refractivity contribution in [2.75, 3.05) is 13.7 Å². The van der Waals surface area contributed by atoms with Gasteiger partial charge in [-0.15, -0.1) is 0 Å². The van der Waals surface area contributed by atoms with Crippen molar-refractivity contribution in [3.05, 3.63) is 0 Å². The van der Waals surface area contributed by atoms with Crippen LogP contribution in [-0.2, 0) is 14.4 Å². The maximum atomic E-state index is 12.8. The number of rotatable bonds is 4. The van der Waals surface area contributed by atoms with E-state index >= 15 is 0 Å². The lowest BCUT2D eigenvalue weighted by atomic mass is 9.92. The van der Waals surface area contributed by atoms with Gasteiger partial charge in [0, 0.05) is 26.6 Å². The van der Waals surface area contributed by atoms with E-state index in [0.717, 1.165) is 12.8 Å². The highest BCUT2D eigenvalue weighted by Gasteiger charge is 2.48. The van der Waals surface area contributed by atoms with Gasteiger partial charge in [-0.25, -0.2) is 0 Å². The van der Waals surface area contributed by atoms with Crippen molar-refractivity contribution < 1.29 is 19.5 Å². The molecule has 0 saturated carbocycles. The number of aliphatic hydroxyl groups is 1. The second kappa shape index (κ2) is 7.09. The lowest BCUT2D eigenvalue weighted by Gasteiger charge is -2.31. The first-order valence-electron chi connectivity index (χ1n) is 7.91. The van der Waals surface area contributed by atoms with Crippen LogP contribution in [0.25, 0.3) is 0 Å². The Bertz CT molecular complexity index is 454. The van der Waals surface area contributed by atoms with Crippen molar-refractivity contribution in [2.45, 2.75) is 57.2 Å². The number of hydrogen-bond donors (Lipinski definition) is 3. The smallest absolute Gasteiger partial charge is 0.246 e. The standard InChI is InChI=1S/C15H25N3O4/c1-9(20)17-11-4-3-5-12-10(6-7-19)8-13(14(21)16-2)18(12)15(11)22/h10-13,19H,3-8H2,1-2H3,(H,16,21)(H,17,20)/t10-,11+,12+,13-/m0/s1. The Kier molecular flexibility index (Phi) is 5.39. The summed E-state index contributed by atoms with van der Waals surface area (Å²) in [5.41, 5.74) is 0. The second-order valence-corrected chi connectivity index (χ2v) is 6.13. The third-order valence-corrected chi connectivity index (χ3v) is 4.73. The zero-order chi connectivity index (χ0) is 16.3. The van der Waals surface area contributed by atoms with Gasteiger partial charge in [-0.2, -0.15) is 0 Å². The minimum Gasteiger partial charge on any atom is -0.396 e. The van der Waals surface area contributed by atoms with Crippen LogP contribution in [0, 0.1) is 5.92 Å². The SMILES string of the molecule is CNC(=O)[C@@H]1C[C@H](CCO)[C@H]2CCC[C@@H](NC(C)=O)C(=O)N21. The van der Waals surface area contributed by atoms with E-state index in [0.29, 0.717) is 19.3 Å². The summed E-state index contributed by atoms with van der Waals surface area (Å²) >= 11 is 0. The molecular weight excluding hydrogens is 286 g/mol. The molecule has 7 nitrogen and oxygen atoms in total. The van der Waals surface area contributed by atoms with Crippen LogP contribution < -0.4 is 10.6 Å². The molecule has 2 saturated heterocycles. The van der Waals surface area contributed by atoms with E-state index in [-0.39, 0.29) is 36.3 Å². The van der Waals surface area contributed by atoms with Gasteiger partial charge in [0.25, 0.3) is 0 Å². The Morgan fingerprint density at radius 3 is 2.68 bits per heavy atom. The molecule has 0 unspecified atom stereocenters. The first kappa shape index (κ1) is 16.7. The summed E-state index contributed by atoms with van der Waals surface area (Å²) in [5, 5.41) is 14.6. The van der Waals surface area contributed by atoms with Crippen LogP contribution in [0.15, 0.2) is 0 Å². The van der Waals surface area contributed by atoms with Crippen molar-refractivity contribution >= 4 is 17.7 Å². The van der Waals surface area contributed by atoms with Crippen molar-refractivity contribution in [3.8, 4) is 0 Å². The Morgan fingerprint density at radius 1 is 1.36 bits per heavy atom. The number of carbonyl (C=O) groups is 3. The lowest BCUT2D eigenvalue weighted by Crippen LogP contribution is -2.54. The summed E-state index contributed by atoms with van der Waals surface area (Å²) in [6, 6.07) is -1.09. The Balaban J connectivity index is 2.26. The van der Waals surface area contributed by atoms with Gasteiger partial charge in [-0.1, -0.05) is 0 Å². The molecule has 2 fully saturated rings. The molecule has 0 aromatic rings. The lowest BCUT2D eigenvalue weighted by molar-refractivity contribution is -0.142. The zero-order valence-electron chi connectivity index (χ0n) is 13.2. The van der Waals surface area contributed by atoms with E-state index in [9.17, 15) is 19.5 Å². The van der Waals surface area contributed by atoms with Gasteiger partial charge in [0.1, 0.15) is 12.1 Å². The molecule has 4 atom stereocenters. The highest BCUT2D eigenvalue weighted by atomic mass is 16.3. The molecule has 3 N–H and O–H groups in total. The van der Waals surface area contributed by atoms with Gasteiger partial charge in [0.05, 0.1) is 0 Å². The van der Waals surface area contributed by atoms with Crippen LogP contribution in [0.2, 0.25) is 0 Å². The van der Waals surface area contributed by atoms with Crippen molar-refractivity contribution in [1.29, 1.82) is 0 Å². The van der Waals surface area contributed by atoms with Crippen LogP contribution in [0.1, 0.15) is 39.0 Å². The fourth-order valence-corrected chi connectivity index (χ4v) is 3.80. The average molecular weight is 311 g/mol. The summed E-state index contributed by atoms with van der Waals surface area (Å²) in [6.45, 7) is 1.45. The number of nitrogens with one attached hydrogen (secondary N) is 2. The Hall–Kier alpha value is -1.63. The summed E-state index contributed by atoms with van der Waals surface area (Å²) in [7, 11) is 1.56. The van der Waals surface area contributed by atoms with Gasteiger partial charge in [0.15, 0.2) is 0 Å². The fourth-order valence-electron chi connectivity index (χ4n) is 3.80. The molecule has 2 aliphatic rings. The van der Waals surface area contributed by atoms with E-state index in [1.807, 2.05) is 0 Å². The van der Waals surface area contributed by atoms with Gasteiger partial charge in [-0.3, -0.25) is 14.4 Å². The molecule has 3 amide bonds. The normalized spacial score (nSPS) is 31.4. The monoisotopic (exact) mass is 311 g/mol. The summed E-state index contributed by atoms with van der Waals surface area (Å²) in [6.07, 6.45) is 3.38. The number of likely N-dealkylation sites (N-methyl/N-ethyl adjacent to an activating group) is 1. The minimum atomic E-state index is -0.553. The van der Waals surface area contributed by atoms with E-state index in [2.05, 4.69) is 10.6 Å². The first-order chi connectivity index (χ1) is 10.5. The molecule has 0 aromatic carbocycles. The molecule has 0 aromatic heterocycles. The van der Waals surface area contributed by atoms with Crippen LogP contribution >= 0.6 is 0 Å². The van der Waals surface area contributed by atoms with E-state index < -0.39 is 12.1 Å². The number of carbonyl (C=O) groups excluding carboxylic acids is 3. The van der Waals surface area contributed by atoms with Crippen LogP contribution in [0.5, 0.6) is 0 Å². The molecular formula is C15H25N3O4. The molecule has 2 aliphatic heterocycles.